The molecule has 0 spiro atoms. The Balaban J connectivity index is 1.61. The van der Waals surface area contributed by atoms with Crippen molar-refractivity contribution in [3.8, 4) is 0 Å². The largest absolute Gasteiger partial charge is 0.316 e. The van der Waals surface area contributed by atoms with Gasteiger partial charge in [-0.25, -0.2) is 17.9 Å². The molecule has 0 fully saturated rings. The van der Waals surface area contributed by atoms with E-state index < -0.39 is 10.0 Å². The molecule has 0 aromatic heterocycles. The summed E-state index contributed by atoms with van der Waals surface area (Å²) in [5, 5.41) is 8.51. The molecule has 1 heterocycles. The van der Waals surface area contributed by atoms with Crippen LogP contribution < -0.4 is 10.5 Å². The fourth-order valence-electron chi connectivity index (χ4n) is 4.48. The highest BCUT2D eigenvalue weighted by Gasteiger charge is 2.33. The molecular weight excluding hydrogens is 403 g/mol. The summed E-state index contributed by atoms with van der Waals surface area (Å²) in [6.07, 6.45) is 4.83. The minimum absolute atomic E-state index is 0.106. The van der Waals surface area contributed by atoms with Gasteiger partial charge >= 0.3 is 0 Å². The molecule has 158 valence electrons. The van der Waals surface area contributed by atoms with Crippen molar-refractivity contribution in [1.29, 1.82) is 0 Å². The molecule has 0 saturated carbocycles. The Labute approximate surface area is 176 Å². The average Bonchev–Trinajstić information content (AvgIpc) is 3.23. The number of sulfonamides is 1. The first-order valence-corrected chi connectivity index (χ1v) is 11.4. The van der Waals surface area contributed by atoms with Gasteiger partial charge in [-0.1, -0.05) is 24.3 Å². The van der Waals surface area contributed by atoms with Crippen LogP contribution in [0.3, 0.4) is 0 Å². The second-order valence-corrected chi connectivity index (χ2v) is 9.84. The lowest BCUT2D eigenvalue weighted by Crippen LogP contribution is -2.34. The second kappa shape index (κ2) is 7.70. The predicted molar refractivity (Wildman–Crippen MR) is 115 cm³/mol. The minimum atomic E-state index is -3.82. The van der Waals surface area contributed by atoms with Crippen molar-refractivity contribution < 1.29 is 17.3 Å². The van der Waals surface area contributed by atoms with Crippen molar-refractivity contribution in [2.75, 3.05) is 14.1 Å². The van der Waals surface area contributed by atoms with Crippen molar-refractivity contribution in [3.63, 3.8) is 0 Å². The number of rotatable bonds is 6. The van der Waals surface area contributed by atoms with Gasteiger partial charge in [-0.05, 0) is 54.8 Å². The zero-order valence-corrected chi connectivity index (χ0v) is 17.9. The van der Waals surface area contributed by atoms with Gasteiger partial charge in [-0.2, -0.15) is 4.99 Å². The number of hydrogen-bond donors (Lipinski definition) is 2. The zero-order valence-electron chi connectivity index (χ0n) is 17.0. The lowest BCUT2D eigenvalue weighted by molar-refractivity contribution is -0.771. The number of nitrogens with two attached hydrogens (primary N) is 1. The summed E-state index contributed by atoms with van der Waals surface area (Å²) < 4.78 is 37.1. The number of fused-ring (bicyclic) bond motifs is 1. The van der Waals surface area contributed by atoms with E-state index in [9.17, 15) is 12.8 Å². The molecule has 2 aliphatic rings. The summed E-state index contributed by atoms with van der Waals surface area (Å²) in [5.74, 6) is 0.0171. The summed E-state index contributed by atoms with van der Waals surface area (Å²) in [5.41, 5.74) is 4.60. The van der Waals surface area contributed by atoms with Gasteiger partial charge in [0.25, 0.3) is 10.0 Å². The summed E-state index contributed by atoms with van der Waals surface area (Å²) in [4.78, 5) is 3.98. The molecule has 30 heavy (non-hydrogen) atoms. The average molecular weight is 430 g/mol. The smallest absolute Gasteiger partial charge is 0.261 e. The molecule has 0 bridgehead atoms. The van der Waals surface area contributed by atoms with Crippen LogP contribution in [0.1, 0.15) is 28.2 Å². The third-order valence-corrected chi connectivity index (χ3v) is 6.71. The van der Waals surface area contributed by atoms with Crippen LogP contribution in [0, 0.1) is 5.82 Å². The number of quaternary nitrogens is 1. The third kappa shape index (κ3) is 4.22. The number of hydrogen-bond acceptors (Lipinski definition) is 4. The van der Waals surface area contributed by atoms with Crippen LogP contribution in [0.15, 0.2) is 58.7 Å². The van der Waals surface area contributed by atoms with E-state index in [1.165, 1.54) is 17.2 Å². The first-order chi connectivity index (χ1) is 14.2. The molecule has 4 rings (SSSR count). The Morgan fingerprint density at radius 3 is 2.70 bits per heavy atom. The molecule has 0 amide bonds. The molecule has 1 aliphatic heterocycles. The maximum atomic E-state index is 13.7. The van der Waals surface area contributed by atoms with Gasteiger partial charge in [0.15, 0.2) is 6.34 Å². The second-order valence-electron chi connectivity index (χ2n) is 8.33. The van der Waals surface area contributed by atoms with Gasteiger partial charge in [-0.3, -0.25) is 4.48 Å². The molecule has 0 radical (unpaired) electrons. The highest BCUT2D eigenvalue weighted by Crippen LogP contribution is 2.37. The van der Waals surface area contributed by atoms with Crippen molar-refractivity contribution in [1.82, 2.24) is 5.32 Å². The number of aliphatic imine (C=N–C) groups is 1. The first kappa shape index (κ1) is 20.9. The number of halogens is 1. The fourth-order valence-corrected chi connectivity index (χ4v) is 5.06. The molecule has 3 atom stereocenters. The standard InChI is InChI=1S/C22H26FN4O2S/c1-25-21-11-17-7-6-16(12-27(2)13-22(26-14-27)30(24,28)29)10-19(17)20(21)9-15-4-3-5-18(23)8-15/h3-8,10,13-14,20-21,25H,9,11-12H2,1-2H3,(H2,24,28,29)/q+1. The quantitative estimate of drug-likeness (QED) is 0.692. The lowest BCUT2D eigenvalue weighted by atomic mass is 9.90. The topological polar surface area (TPSA) is 84.5 Å². The van der Waals surface area contributed by atoms with E-state index in [2.05, 4.69) is 28.5 Å². The van der Waals surface area contributed by atoms with Crippen LogP contribution in [0.25, 0.3) is 0 Å². The number of nitrogens with one attached hydrogen (secondary N) is 1. The Morgan fingerprint density at radius 2 is 2.03 bits per heavy atom. The first-order valence-electron chi connectivity index (χ1n) is 9.86. The summed E-state index contributed by atoms with van der Waals surface area (Å²) in [6, 6.07) is 13.5. The van der Waals surface area contributed by atoms with E-state index in [1.807, 2.05) is 20.2 Å². The van der Waals surface area contributed by atoms with Crippen molar-refractivity contribution in [2.24, 2.45) is 10.1 Å². The summed E-state index contributed by atoms with van der Waals surface area (Å²) in [7, 11) is 0.0210. The van der Waals surface area contributed by atoms with Crippen molar-refractivity contribution >= 4 is 16.4 Å². The third-order valence-electron chi connectivity index (χ3n) is 5.92. The lowest BCUT2D eigenvalue weighted by Gasteiger charge is -2.23. The van der Waals surface area contributed by atoms with E-state index in [0.29, 0.717) is 6.54 Å². The number of likely N-dealkylation sites (N-methyl/N-ethyl adjacent to an activating group) is 1. The number of primary sulfonamides is 1. The highest BCUT2D eigenvalue weighted by atomic mass is 32.2. The van der Waals surface area contributed by atoms with Crippen LogP contribution in [-0.4, -0.2) is 39.4 Å². The molecule has 3 N–H and O–H groups in total. The predicted octanol–water partition coefficient (Wildman–Crippen LogP) is 2.37. The van der Waals surface area contributed by atoms with E-state index in [-0.39, 0.29) is 27.3 Å². The van der Waals surface area contributed by atoms with Crippen molar-refractivity contribution in [3.05, 3.63) is 81.8 Å². The van der Waals surface area contributed by atoms with Crippen LogP contribution >= 0.6 is 0 Å². The number of benzene rings is 2. The van der Waals surface area contributed by atoms with Crippen LogP contribution in [-0.2, 0) is 29.4 Å². The van der Waals surface area contributed by atoms with Gasteiger partial charge in [0.05, 0.1) is 7.05 Å². The minimum Gasteiger partial charge on any atom is -0.316 e. The van der Waals surface area contributed by atoms with Gasteiger partial charge in [0, 0.05) is 17.5 Å². The molecule has 6 nitrogen and oxygen atoms in total. The molecule has 0 saturated heterocycles. The molecule has 2 aromatic rings. The Bertz CT molecular complexity index is 1150. The maximum Gasteiger partial charge on any atom is 0.261 e. The number of nitrogens with zero attached hydrogens (tertiary/aromatic N) is 2. The molecule has 1 aliphatic carbocycles. The molecular formula is C22H26FN4O2S+. The maximum absolute atomic E-state index is 13.7. The Hall–Kier alpha value is -2.39. The SMILES string of the molecule is CNC1Cc2ccc(C[N+]3(C)C=NC(S(N)(=O)=O)=C3)cc2C1Cc1cccc(F)c1. The Morgan fingerprint density at radius 1 is 1.23 bits per heavy atom. The van der Waals surface area contributed by atoms with E-state index in [4.69, 9.17) is 5.14 Å². The van der Waals surface area contributed by atoms with Gasteiger partial charge in [0.2, 0.25) is 5.03 Å². The Kier molecular flexibility index (Phi) is 5.36. The molecule has 8 heteroatoms. The van der Waals surface area contributed by atoms with Gasteiger partial charge < -0.3 is 5.32 Å². The van der Waals surface area contributed by atoms with Crippen molar-refractivity contribution in [2.45, 2.75) is 31.3 Å². The van der Waals surface area contributed by atoms with E-state index in [1.54, 1.807) is 24.7 Å². The van der Waals surface area contributed by atoms with E-state index in [0.717, 1.165) is 24.0 Å². The monoisotopic (exact) mass is 429 g/mol. The summed E-state index contributed by atoms with van der Waals surface area (Å²) in [6.45, 7) is 0.562. The zero-order chi connectivity index (χ0) is 21.5. The van der Waals surface area contributed by atoms with Gasteiger partial charge in [0.1, 0.15) is 18.6 Å². The summed E-state index contributed by atoms with van der Waals surface area (Å²) >= 11 is 0. The van der Waals surface area contributed by atoms with Crippen LogP contribution in [0.4, 0.5) is 4.39 Å². The van der Waals surface area contributed by atoms with Crippen LogP contribution in [0.5, 0.6) is 0 Å². The fraction of sp³-hybridized carbons (Fsp3) is 0.318. The normalized spacial score (nSPS) is 25.4. The molecule has 2 aromatic carbocycles. The highest BCUT2D eigenvalue weighted by molar-refractivity contribution is 7.93. The van der Waals surface area contributed by atoms with Gasteiger partial charge in [-0.15, -0.1) is 0 Å². The molecule has 3 unspecified atom stereocenters. The van der Waals surface area contributed by atoms with Crippen LogP contribution in [0.2, 0.25) is 0 Å². The van der Waals surface area contributed by atoms with E-state index >= 15 is 0 Å².